The number of esters is 1. The molecule has 7 heteroatoms. The van der Waals surface area contributed by atoms with E-state index in [1.165, 1.54) is 12.1 Å². The van der Waals surface area contributed by atoms with Crippen LogP contribution in [0.2, 0.25) is 5.02 Å². The highest BCUT2D eigenvalue weighted by molar-refractivity contribution is 7.92. The molecule has 1 aromatic carbocycles. The number of anilines is 1. The highest BCUT2D eigenvalue weighted by Crippen LogP contribution is 2.32. The van der Waals surface area contributed by atoms with Crippen LogP contribution in [-0.2, 0) is 14.8 Å². The fraction of sp³-hybridized carbons (Fsp3) is 0.417. The van der Waals surface area contributed by atoms with Crippen LogP contribution in [0.4, 0.5) is 5.69 Å². The largest absolute Gasteiger partial charge is 0.462 e. The summed E-state index contributed by atoms with van der Waals surface area (Å²) in [6.07, 6.45) is 1.06. The topological polar surface area (TPSA) is 63.7 Å². The van der Waals surface area contributed by atoms with Gasteiger partial charge in [-0.1, -0.05) is 17.7 Å². The number of para-hydroxylation sites is 1. The lowest BCUT2D eigenvalue weighted by Crippen LogP contribution is -2.31. The minimum atomic E-state index is -3.52. The Morgan fingerprint density at radius 2 is 2.00 bits per heavy atom. The first-order valence-corrected chi connectivity index (χ1v) is 7.98. The van der Waals surface area contributed by atoms with E-state index in [-0.39, 0.29) is 29.4 Å². The Balaban J connectivity index is 3.44. The summed E-state index contributed by atoms with van der Waals surface area (Å²) in [6, 6.07) is 4.61. The van der Waals surface area contributed by atoms with Gasteiger partial charge in [-0.15, -0.1) is 0 Å². The Kier molecular flexibility index (Phi) is 5.20. The molecular formula is C12H16ClNO4S. The summed E-state index contributed by atoms with van der Waals surface area (Å²) in [4.78, 5) is 11.9. The van der Waals surface area contributed by atoms with Crippen LogP contribution in [-0.4, -0.2) is 33.8 Å². The fourth-order valence-electron chi connectivity index (χ4n) is 1.70. The summed E-state index contributed by atoms with van der Waals surface area (Å²) in [7, 11) is -3.52. The molecule has 1 rings (SSSR count). The van der Waals surface area contributed by atoms with Crippen LogP contribution in [0.25, 0.3) is 0 Å². The zero-order chi connectivity index (χ0) is 14.6. The third-order valence-corrected chi connectivity index (χ3v) is 3.97. The Morgan fingerprint density at radius 1 is 1.37 bits per heavy atom. The molecule has 0 unspecified atom stereocenters. The van der Waals surface area contributed by atoms with Crippen LogP contribution in [0.15, 0.2) is 18.2 Å². The van der Waals surface area contributed by atoms with E-state index in [2.05, 4.69) is 0 Å². The van der Waals surface area contributed by atoms with Crippen LogP contribution in [0.3, 0.4) is 0 Å². The first-order valence-electron chi connectivity index (χ1n) is 5.76. The number of ether oxygens (including phenoxy) is 1. The van der Waals surface area contributed by atoms with E-state index in [9.17, 15) is 13.2 Å². The fourth-order valence-corrected chi connectivity index (χ4v) is 3.02. The zero-order valence-corrected chi connectivity index (χ0v) is 12.6. The number of carbonyl (C=O) groups is 1. The second-order valence-corrected chi connectivity index (χ2v) is 6.10. The summed E-state index contributed by atoms with van der Waals surface area (Å²) in [6.45, 7) is 3.72. The molecule has 0 amide bonds. The number of sulfonamides is 1. The maximum atomic E-state index is 11.9. The van der Waals surface area contributed by atoms with E-state index in [0.717, 1.165) is 10.6 Å². The lowest BCUT2D eigenvalue weighted by molar-refractivity contribution is 0.0527. The van der Waals surface area contributed by atoms with E-state index in [1.807, 2.05) is 0 Å². The van der Waals surface area contributed by atoms with Gasteiger partial charge in [0.25, 0.3) is 0 Å². The molecule has 0 aliphatic rings. The van der Waals surface area contributed by atoms with Gasteiger partial charge in [-0.3, -0.25) is 4.31 Å². The molecule has 0 bridgehead atoms. The van der Waals surface area contributed by atoms with Crippen molar-refractivity contribution in [2.24, 2.45) is 0 Å². The Bertz CT molecular complexity index is 571. The van der Waals surface area contributed by atoms with Gasteiger partial charge in [0.05, 0.1) is 29.1 Å². The van der Waals surface area contributed by atoms with Crippen molar-refractivity contribution in [1.82, 2.24) is 0 Å². The molecule has 0 saturated carbocycles. The van der Waals surface area contributed by atoms with Crippen molar-refractivity contribution in [3.63, 3.8) is 0 Å². The van der Waals surface area contributed by atoms with E-state index in [0.29, 0.717) is 0 Å². The van der Waals surface area contributed by atoms with E-state index < -0.39 is 16.0 Å². The summed E-state index contributed by atoms with van der Waals surface area (Å²) < 4.78 is 29.5. The van der Waals surface area contributed by atoms with Gasteiger partial charge in [-0.05, 0) is 26.0 Å². The molecular weight excluding hydrogens is 290 g/mol. The van der Waals surface area contributed by atoms with Gasteiger partial charge in [0.15, 0.2) is 0 Å². The number of rotatable bonds is 5. The van der Waals surface area contributed by atoms with Crippen molar-refractivity contribution in [3.8, 4) is 0 Å². The number of hydrogen-bond donors (Lipinski definition) is 0. The Morgan fingerprint density at radius 3 is 2.47 bits per heavy atom. The Labute approximate surface area is 118 Å². The summed E-state index contributed by atoms with van der Waals surface area (Å²) in [5.74, 6) is -0.595. The van der Waals surface area contributed by atoms with Crippen molar-refractivity contribution in [3.05, 3.63) is 28.8 Å². The lowest BCUT2D eigenvalue weighted by atomic mass is 10.2. The molecule has 1 aromatic rings. The van der Waals surface area contributed by atoms with Crippen molar-refractivity contribution in [2.45, 2.75) is 13.8 Å². The molecule has 0 aromatic heterocycles. The van der Waals surface area contributed by atoms with Crippen LogP contribution in [0.1, 0.15) is 24.2 Å². The van der Waals surface area contributed by atoms with Crippen molar-refractivity contribution in [2.75, 3.05) is 23.7 Å². The third kappa shape index (κ3) is 3.61. The highest BCUT2D eigenvalue weighted by Gasteiger charge is 2.25. The van der Waals surface area contributed by atoms with Crippen LogP contribution in [0, 0.1) is 0 Å². The molecule has 0 saturated heterocycles. The lowest BCUT2D eigenvalue weighted by Gasteiger charge is -2.23. The number of carbonyl (C=O) groups excluding carboxylic acids is 1. The number of halogens is 1. The minimum Gasteiger partial charge on any atom is -0.462 e. The maximum absolute atomic E-state index is 11.9. The monoisotopic (exact) mass is 305 g/mol. The van der Waals surface area contributed by atoms with Gasteiger partial charge < -0.3 is 4.74 Å². The average molecular weight is 306 g/mol. The molecule has 0 aliphatic heterocycles. The predicted molar refractivity (Wildman–Crippen MR) is 75.3 cm³/mol. The van der Waals surface area contributed by atoms with Gasteiger partial charge in [0.2, 0.25) is 10.0 Å². The van der Waals surface area contributed by atoms with Gasteiger partial charge in [-0.25, -0.2) is 13.2 Å². The summed E-state index contributed by atoms with van der Waals surface area (Å²) in [5.41, 5.74) is 0.300. The molecule has 0 atom stereocenters. The second kappa shape index (κ2) is 6.25. The summed E-state index contributed by atoms with van der Waals surface area (Å²) in [5, 5.41) is 0.192. The smallest absolute Gasteiger partial charge is 0.340 e. The first kappa shape index (κ1) is 15.8. The molecule has 0 radical (unpaired) electrons. The van der Waals surface area contributed by atoms with Gasteiger partial charge in [0, 0.05) is 6.54 Å². The zero-order valence-electron chi connectivity index (χ0n) is 11.0. The van der Waals surface area contributed by atoms with Crippen LogP contribution >= 0.6 is 11.6 Å². The Hall–Kier alpha value is -1.27. The van der Waals surface area contributed by atoms with Gasteiger partial charge in [0.1, 0.15) is 0 Å². The van der Waals surface area contributed by atoms with E-state index in [4.69, 9.17) is 16.3 Å². The number of hydrogen-bond acceptors (Lipinski definition) is 4. The van der Waals surface area contributed by atoms with E-state index in [1.54, 1.807) is 19.9 Å². The summed E-state index contributed by atoms with van der Waals surface area (Å²) >= 11 is 6.04. The van der Waals surface area contributed by atoms with Crippen LogP contribution < -0.4 is 4.31 Å². The quantitative estimate of drug-likeness (QED) is 0.783. The normalized spacial score (nSPS) is 11.2. The standard InChI is InChI=1S/C12H16ClNO4S/c1-4-14(19(3,16)17)11-9(12(15)18-5-2)7-6-8-10(11)13/h6-8H,4-5H2,1-3H3. The highest BCUT2D eigenvalue weighted by atomic mass is 35.5. The molecule has 0 heterocycles. The van der Waals surface area contributed by atoms with Gasteiger partial charge >= 0.3 is 5.97 Å². The maximum Gasteiger partial charge on any atom is 0.340 e. The first-order chi connectivity index (χ1) is 8.82. The second-order valence-electron chi connectivity index (χ2n) is 3.78. The molecule has 0 aliphatic carbocycles. The van der Waals surface area contributed by atoms with E-state index >= 15 is 0 Å². The molecule has 0 N–H and O–H groups in total. The number of nitrogens with zero attached hydrogens (tertiary/aromatic N) is 1. The minimum absolute atomic E-state index is 0.140. The number of benzene rings is 1. The van der Waals surface area contributed by atoms with Crippen molar-refractivity contribution in [1.29, 1.82) is 0 Å². The molecule has 0 fully saturated rings. The average Bonchev–Trinajstić information content (AvgIpc) is 2.30. The molecule has 0 spiro atoms. The predicted octanol–water partition coefficient (Wildman–Crippen LogP) is 2.30. The van der Waals surface area contributed by atoms with Crippen molar-refractivity contribution < 1.29 is 17.9 Å². The van der Waals surface area contributed by atoms with Crippen LogP contribution in [0.5, 0.6) is 0 Å². The third-order valence-electron chi connectivity index (χ3n) is 2.42. The van der Waals surface area contributed by atoms with Crippen molar-refractivity contribution >= 4 is 33.3 Å². The molecule has 19 heavy (non-hydrogen) atoms. The SMILES string of the molecule is CCOC(=O)c1cccc(Cl)c1N(CC)S(C)(=O)=O. The van der Waals surface area contributed by atoms with Gasteiger partial charge in [-0.2, -0.15) is 0 Å². The molecule has 106 valence electrons. The molecule has 5 nitrogen and oxygen atoms in total.